The molecule has 10 heteroatoms. The Morgan fingerprint density at radius 1 is 0.878 bits per heavy atom. The summed E-state index contributed by atoms with van der Waals surface area (Å²) in [7, 11) is -2.60. The van der Waals surface area contributed by atoms with Crippen molar-refractivity contribution in [1.82, 2.24) is 10.2 Å². The fourth-order valence-electron chi connectivity index (χ4n) is 6.18. The number of amides is 2. The zero-order valence-corrected chi connectivity index (χ0v) is 30.0. The summed E-state index contributed by atoms with van der Waals surface area (Å²) in [6.07, 6.45) is 7.20. The van der Waals surface area contributed by atoms with Gasteiger partial charge in [0.05, 0.1) is 17.7 Å². The molecule has 1 atom stereocenters. The van der Waals surface area contributed by atoms with Crippen molar-refractivity contribution >= 4 is 39.3 Å². The highest BCUT2D eigenvalue weighted by Crippen LogP contribution is 2.28. The van der Waals surface area contributed by atoms with Gasteiger partial charge < -0.3 is 15.0 Å². The van der Waals surface area contributed by atoms with E-state index in [1.54, 1.807) is 43.5 Å². The van der Waals surface area contributed by atoms with Crippen molar-refractivity contribution in [2.24, 2.45) is 0 Å². The molecule has 0 spiro atoms. The van der Waals surface area contributed by atoms with E-state index < -0.39 is 28.5 Å². The lowest BCUT2D eigenvalue weighted by atomic mass is 9.94. The highest BCUT2D eigenvalue weighted by atomic mass is 32.2. The van der Waals surface area contributed by atoms with E-state index in [4.69, 9.17) is 4.74 Å². The van der Waals surface area contributed by atoms with Gasteiger partial charge in [0.15, 0.2) is 0 Å². The van der Waals surface area contributed by atoms with E-state index in [-0.39, 0.29) is 29.8 Å². The summed E-state index contributed by atoms with van der Waals surface area (Å²) >= 11 is 1.52. The van der Waals surface area contributed by atoms with Crippen LogP contribution < -0.4 is 14.4 Å². The third kappa shape index (κ3) is 9.45. The lowest BCUT2D eigenvalue weighted by Gasteiger charge is -2.35. The van der Waals surface area contributed by atoms with Crippen molar-refractivity contribution in [3.8, 4) is 5.75 Å². The molecule has 0 aliphatic heterocycles. The van der Waals surface area contributed by atoms with E-state index in [9.17, 15) is 18.0 Å². The highest BCUT2D eigenvalue weighted by molar-refractivity contribution is 7.98. The van der Waals surface area contributed by atoms with Gasteiger partial charge in [-0.1, -0.05) is 79.4 Å². The molecule has 4 aromatic carbocycles. The lowest BCUT2D eigenvalue weighted by Crippen LogP contribution is -2.55. The first-order valence-electron chi connectivity index (χ1n) is 16.7. The minimum atomic E-state index is -4.18. The Hall–Kier alpha value is -4.28. The van der Waals surface area contributed by atoms with Crippen LogP contribution in [-0.2, 0) is 32.6 Å². The fraction of sp³-hybridized carbons (Fsp3) is 0.333. The van der Waals surface area contributed by atoms with Crippen molar-refractivity contribution in [2.75, 3.05) is 24.2 Å². The highest BCUT2D eigenvalue weighted by Gasteiger charge is 2.35. The fourth-order valence-corrected chi connectivity index (χ4v) is 8.00. The quantitative estimate of drug-likeness (QED) is 0.142. The van der Waals surface area contributed by atoms with Crippen LogP contribution in [0.1, 0.15) is 48.8 Å². The number of carbonyl (C=O) groups is 2. The third-order valence-electron chi connectivity index (χ3n) is 8.96. The van der Waals surface area contributed by atoms with Crippen LogP contribution in [0, 0.1) is 6.92 Å². The van der Waals surface area contributed by atoms with E-state index in [0.717, 1.165) is 58.0 Å². The molecule has 5 rings (SSSR count). The van der Waals surface area contributed by atoms with Crippen molar-refractivity contribution in [1.29, 1.82) is 0 Å². The zero-order valence-electron chi connectivity index (χ0n) is 28.4. The number of ether oxygens (including phenoxy) is 1. The van der Waals surface area contributed by atoms with Crippen molar-refractivity contribution in [3.05, 3.63) is 120 Å². The Bertz CT molecular complexity index is 1790. The summed E-state index contributed by atoms with van der Waals surface area (Å²) in [5.41, 5.74) is 2.97. The number of rotatable bonds is 14. The van der Waals surface area contributed by atoms with Crippen LogP contribution in [0.3, 0.4) is 0 Å². The molecule has 4 aromatic rings. The molecule has 0 radical (unpaired) electrons. The number of methoxy groups -OCH3 is 1. The number of nitrogens with zero attached hydrogens (tertiary/aromatic N) is 2. The molecule has 1 aliphatic rings. The monoisotopic (exact) mass is 699 g/mol. The SMILES string of the molecule is COc1cccc(CN(C(=O)CN(c2ccc(C)cc2)S(=O)(=O)c2ccc(SC)cc2)C(Cc2ccccc2)C(=O)NC2CCCCC2)c1. The number of nitrogens with one attached hydrogen (secondary N) is 1. The van der Waals surface area contributed by atoms with Crippen molar-refractivity contribution in [3.63, 3.8) is 0 Å². The van der Waals surface area contributed by atoms with Crippen LogP contribution in [0.4, 0.5) is 5.69 Å². The number of benzene rings is 4. The molecule has 0 aromatic heterocycles. The minimum absolute atomic E-state index is 0.0296. The van der Waals surface area contributed by atoms with Gasteiger partial charge >= 0.3 is 0 Å². The van der Waals surface area contributed by atoms with E-state index in [1.807, 2.05) is 79.9 Å². The first-order chi connectivity index (χ1) is 23.7. The number of aryl methyl sites for hydroxylation is 1. The largest absolute Gasteiger partial charge is 0.497 e. The van der Waals surface area contributed by atoms with Gasteiger partial charge in [-0.3, -0.25) is 13.9 Å². The number of sulfonamides is 1. The predicted molar refractivity (Wildman–Crippen MR) is 196 cm³/mol. The van der Waals surface area contributed by atoms with Gasteiger partial charge in [-0.15, -0.1) is 11.8 Å². The first kappa shape index (κ1) is 36.0. The van der Waals surface area contributed by atoms with Gasteiger partial charge in [0.25, 0.3) is 10.0 Å². The van der Waals surface area contributed by atoms with Crippen molar-refractivity contribution < 1.29 is 22.7 Å². The number of hydrogen-bond acceptors (Lipinski definition) is 6. The lowest BCUT2D eigenvalue weighted by molar-refractivity contribution is -0.140. The van der Waals surface area contributed by atoms with Crippen LogP contribution in [0.25, 0.3) is 0 Å². The average Bonchev–Trinajstić information content (AvgIpc) is 3.13. The maximum Gasteiger partial charge on any atom is 0.264 e. The molecule has 0 heterocycles. The Morgan fingerprint density at radius 3 is 2.20 bits per heavy atom. The van der Waals surface area contributed by atoms with E-state index in [1.165, 1.54) is 16.7 Å². The molecule has 1 saturated carbocycles. The predicted octanol–water partition coefficient (Wildman–Crippen LogP) is 7.01. The molecule has 0 saturated heterocycles. The topological polar surface area (TPSA) is 96.0 Å². The molecule has 1 fully saturated rings. The molecule has 1 unspecified atom stereocenters. The maximum absolute atomic E-state index is 14.8. The third-order valence-corrected chi connectivity index (χ3v) is 11.5. The van der Waals surface area contributed by atoms with Gasteiger partial charge in [-0.2, -0.15) is 0 Å². The average molecular weight is 700 g/mol. The Balaban J connectivity index is 1.57. The van der Waals surface area contributed by atoms with Gasteiger partial charge in [0, 0.05) is 23.9 Å². The molecule has 1 N–H and O–H groups in total. The molecule has 49 heavy (non-hydrogen) atoms. The summed E-state index contributed by atoms with van der Waals surface area (Å²) in [6, 6.07) is 29.8. The standard InChI is InChI=1S/C39H45N3O5S2/c1-29-17-19-33(20-18-29)42(49(45,46)36-23-21-35(48-3)22-24-36)28-38(43)41(27-31-13-10-16-34(25-31)47-2)37(26-30-11-6-4-7-12-30)39(44)40-32-14-8-5-9-15-32/h4,6-7,10-13,16-25,32,37H,5,8-9,14-15,26-28H2,1-3H3,(H,40,44). The van der Waals surface area contributed by atoms with Crippen LogP contribution in [0.2, 0.25) is 0 Å². The van der Waals surface area contributed by atoms with Gasteiger partial charge in [-0.25, -0.2) is 8.42 Å². The first-order valence-corrected chi connectivity index (χ1v) is 19.3. The number of carbonyl (C=O) groups excluding carboxylic acids is 2. The Labute approximate surface area is 294 Å². The zero-order chi connectivity index (χ0) is 34.8. The van der Waals surface area contributed by atoms with E-state index in [0.29, 0.717) is 11.4 Å². The molecule has 0 bridgehead atoms. The molecule has 1 aliphatic carbocycles. The summed E-state index contributed by atoms with van der Waals surface area (Å²) in [5, 5.41) is 3.25. The summed E-state index contributed by atoms with van der Waals surface area (Å²) < 4.78 is 35.3. The van der Waals surface area contributed by atoms with Crippen LogP contribution >= 0.6 is 11.8 Å². The summed E-state index contributed by atoms with van der Waals surface area (Å²) in [4.78, 5) is 31.6. The molecule has 258 valence electrons. The van der Waals surface area contributed by atoms with Crippen LogP contribution in [-0.4, -0.2) is 57.1 Å². The molecule has 8 nitrogen and oxygen atoms in total. The Kier molecular flexibility index (Phi) is 12.4. The Morgan fingerprint density at radius 2 is 1.55 bits per heavy atom. The van der Waals surface area contributed by atoms with E-state index in [2.05, 4.69) is 5.32 Å². The van der Waals surface area contributed by atoms with Crippen molar-refractivity contribution in [2.45, 2.75) is 73.9 Å². The maximum atomic E-state index is 14.8. The summed E-state index contributed by atoms with van der Waals surface area (Å²) in [5.74, 6) is -0.120. The summed E-state index contributed by atoms with van der Waals surface area (Å²) in [6.45, 7) is 1.50. The van der Waals surface area contributed by atoms with Crippen LogP contribution in [0.5, 0.6) is 5.75 Å². The molecule has 2 amide bonds. The smallest absolute Gasteiger partial charge is 0.264 e. The number of anilines is 1. The normalized spacial score (nSPS) is 14.1. The van der Waals surface area contributed by atoms with Crippen LogP contribution in [0.15, 0.2) is 113 Å². The van der Waals surface area contributed by atoms with Gasteiger partial charge in [-0.05, 0) is 85.7 Å². The number of thioether (sulfide) groups is 1. The second-order valence-corrected chi connectivity index (χ2v) is 15.2. The molecular formula is C39H45N3O5S2. The van der Waals surface area contributed by atoms with E-state index >= 15 is 0 Å². The van der Waals surface area contributed by atoms with Gasteiger partial charge in [0.2, 0.25) is 11.8 Å². The second kappa shape index (κ2) is 16.9. The second-order valence-electron chi connectivity index (χ2n) is 12.4. The number of hydrogen-bond donors (Lipinski definition) is 1. The van der Waals surface area contributed by atoms with Gasteiger partial charge in [0.1, 0.15) is 18.3 Å². The minimum Gasteiger partial charge on any atom is -0.497 e. The molecular weight excluding hydrogens is 655 g/mol.